The highest BCUT2D eigenvalue weighted by molar-refractivity contribution is 7.47. The van der Waals surface area contributed by atoms with Crippen LogP contribution in [0.1, 0.15) is 206 Å². The Morgan fingerprint density at radius 1 is 0.559 bits per heavy atom. The first kappa shape index (κ1) is 56.9. The molecule has 0 amide bonds. The lowest BCUT2D eigenvalue weighted by molar-refractivity contribution is -0.154. The van der Waals surface area contributed by atoms with Gasteiger partial charge in [-0.15, -0.1) is 0 Å². The van der Waals surface area contributed by atoms with Crippen molar-refractivity contribution in [3.8, 4) is 0 Å². The highest BCUT2D eigenvalue weighted by Crippen LogP contribution is 2.43. The highest BCUT2D eigenvalue weighted by Gasteiger charge is 2.27. The third-order valence-electron chi connectivity index (χ3n) is 10.1. The van der Waals surface area contributed by atoms with Crippen LogP contribution in [-0.2, 0) is 32.7 Å². The van der Waals surface area contributed by atoms with Gasteiger partial charge in [-0.25, -0.2) is 4.57 Å². The number of hydrogen-bond donors (Lipinski definition) is 3. The van der Waals surface area contributed by atoms with Crippen LogP contribution in [0.4, 0.5) is 0 Å². The second-order valence-corrected chi connectivity index (χ2v) is 17.3. The molecule has 0 radical (unpaired) electrons. The SMILES string of the molecule is CC/C=C\C/C=C\C/C=C\C/C=C\CCCOCC(COP(=O)(O)OCC(N)C(=O)O)OC(=O)CCCCCCCCCCCCCCCCCCCCCCCCC. The smallest absolute Gasteiger partial charge is 0.472 e. The molecule has 3 atom stereocenters. The van der Waals surface area contributed by atoms with Crippen LogP contribution in [0.25, 0.3) is 0 Å². The quantitative estimate of drug-likeness (QED) is 0.0233. The second-order valence-electron chi connectivity index (χ2n) is 15.9. The summed E-state index contributed by atoms with van der Waals surface area (Å²) in [6.45, 7) is 3.64. The molecule has 0 fully saturated rings. The summed E-state index contributed by atoms with van der Waals surface area (Å²) in [6.07, 6.45) is 51.9. The molecular weight excluding hydrogens is 765 g/mol. The summed E-state index contributed by atoms with van der Waals surface area (Å²) in [4.78, 5) is 33.6. The lowest BCUT2D eigenvalue weighted by Gasteiger charge is -2.20. The average molecular weight is 854 g/mol. The number of allylic oxidation sites excluding steroid dienone is 8. The Balaban J connectivity index is 4.16. The summed E-state index contributed by atoms with van der Waals surface area (Å²) in [5, 5.41) is 8.90. The van der Waals surface area contributed by atoms with Crippen molar-refractivity contribution in [3.05, 3.63) is 48.6 Å². The van der Waals surface area contributed by atoms with Crippen LogP contribution in [0.3, 0.4) is 0 Å². The molecule has 0 aliphatic carbocycles. The monoisotopic (exact) mass is 854 g/mol. The topological polar surface area (TPSA) is 155 Å². The fourth-order valence-corrected chi connectivity index (χ4v) is 7.27. The summed E-state index contributed by atoms with van der Waals surface area (Å²) >= 11 is 0. The van der Waals surface area contributed by atoms with Crippen molar-refractivity contribution < 1.29 is 42.7 Å². The third-order valence-corrected chi connectivity index (χ3v) is 11.1. The van der Waals surface area contributed by atoms with Gasteiger partial charge in [0.2, 0.25) is 0 Å². The van der Waals surface area contributed by atoms with Gasteiger partial charge >= 0.3 is 19.8 Å². The van der Waals surface area contributed by atoms with Gasteiger partial charge in [-0.05, 0) is 44.9 Å². The fourth-order valence-electron chi connectivity index (χ4n) is 6.49. The van der Waals surface area contributed by atoms with Crippen LogP contribution in [0, 0.1) is 0 Å². The predicted octanol–water partition coefficient (Wildman–Crippen LogP) is 13.4. The number of phosphoric acid groups is 1. The molecule has 0 spiro atoms. The van der Waals surface area contributed by atoms with E-state index in [4.69, 9.17) is 29.4 Å². The molecule has 0 aliphatic rings. The number of carbonyl (C=O) groups is 2. The van der Waals surface area contributed by atoms with Gasteiger partial charge in [0.1, 0.15) is 12.1 Å². The minimum Gasteiger partial charge on any atom is -0.480 e. The molecule has 0 rings (SSSR count). The molecule has 0 bridgehead atoms. The Morgan fingerprint density at radius 2 is 0.966 bits per heavy atom. The number of carbonyl (C=O) groups excluding carboxylic acids is 1. The van der Waals surface area contributed by atoms with Crippen molar-refractivity contribution in [2.24, 2.45) is 5.73 Å². The molecule has 0 aromatic rings. The molecule has 344 valence electrons. The van der Waals surface area contributed by atoms with Crippen molar-refractivity contribution in [1.29, 1.82) is 0 Å². The molecule has 0 saturated carbocycles. The second kappa shape index (κ2) is 44.0. The van der Waals surface area contributed by atoms with Crippen LogP contribution in [0.15, 0.2) is 48.6 Å². The lowest BCUT2D eigenvalue weighted by Crippen LogP contribution is -2.34. The maximum absolute atomic E-state index is 12.7. The zero-order valence-electron chi connectivity index (χ0n) is 37.6. The summed E-state index contributed by atoms with van der Waals surface area (Å²) < 4.78 is 33.3. The molecule has 0 heterocycles. The molecule has 10 nitrogen and oxygen atoms in total. The van der Waals surface area contributed by atoms with Gasteiger partial charge in [0, 0.05) is 13.0 Å². The van der Waals surface area contributed by atoms with Crippen molar-refractivity contribution in [3.63, 3.8) is 0 Å². The van der Waals surface area contributed by atoms with Crippen LogP contribution < -0.4 is 5.73 Å². The standard InChI is InChI=1S/C48H88NO9P/c1-3-5-7-9-11-13-15-17-19-20-21-22-23-24-25-26-27-28-30-32-34-36-38-40-47(50)58-45(43-56-59(53,54)57-44-46(49)48(51)52)42-55-41-39-37-35-33-31-29-18-16-14-12-10-8-6-4-2/h6,8,12,14,18,29,33,35,45-46H,3-5,7,9-11,13,15-17,19-28,30-32,34,36-44,49H2,1-2H3,(H,51,52)(H,53,54)/b8-6-,14-12-,29-18-,35-33-. The number of hydrogen-bond acceptors (Lipinski definition) is 8. The van der Waals surface area contributed by atoms with E-state index in [0.29, 0.717) is 13.0 Å². The summed E-state index contributed by atoms with van der Waals surface area (Å²) in [6, 6.07) is -1.48. The molecule has 11 heteroatoms. The molecule has 0 saturated heterocycles. The molecular formula is C48H88NO9P. The maximum atomic E-state index is 12.7. The number of aliphatic carboxylic acids is 1. The first-order chi connectivity index (χ1) is 28.7. The summed E-state index contributed by atoms with van der Waals surface area (Å²) in [7, 11) is -4.63. The van der Waals surface area contributed by atoms with Crippen molar-refractivity contribution in [2.45, 2.75) is 219 Å². The van der Waals surface area contributed by atoms with Crippen molar-refractivity contribution >= 4 is 19.8 Å². The molecule has 4 N–H and O–H groups in total. The minimum absolute atomic E-state index is 0.0199. The van der Waals surface area contributed by atoms with E-state index in [2.05, 4.69) is 62.5 Å². The average Bonchev–Trinajstić information content (AvgIpc) is 3.21. The van der Waals surface area contributed by atoms with Crippen LogP contribution >= 0.6 is 7.82 Å². The molecule has 0 aliphatic heterocycles. The van der Waals surface area contributed by atoms with Gasteiger partial charge < -0.3 is 25.2 Å². The lowest BCUT2D eigenvalue weighted by atomic mass is 10.0. The van der Waals surface area contributed by atoms with E-state index in [1.165, 1.54) is 122 Å². The number of rotatable bonds is 45. The Hall–Kier alpha value is -2.07. The number of unbranched alkanes of at least 4 members (excludes halogenated alkanes) is 23. The van der Waals surface area contributed by atoms with Crippen molar-refractivity contribution in [2.75, 3.05) is 26.4 Å². The zero-order valence-corrected chi connectivity index (χ0v) is 38.5. The molecule has 59 heavy (non-hydrogen) atoms. The minimum atomic E-state index is -4.63. The Morgan fingerprint density at radius 3 is 1.41 bits per heavy atom. The number of esters is 1. The first-order valence-electron chi connectivity index (χ1n) is 23.7. The Bertz CT molecular complexity index is 1130. The number of carboxylic acids is 1. The van der Waals surface area contributed by atoms with Gasteiger partial charge in [0.25, 0.3) is 0 Å². The van der Waals surface area contributed by atoms with Crippen LogP contribution in [-0.4, -0.2) is 60.5 Å². The highest BCUT2D eigenvalue weighted by atomic mass is 31.2. The third kappa shape index (κ3) is 43.8. The maximum Gasteiger partial charge on any atom is 0.472 e. The molecule has 0 aromatic heterocycles. The summed E-state index contributed by atoms with van der Waals surface area (Å²) in [5.74, 6) is -1.80. The van der Waals surface area contributed by atoms with Crippen molar-refractivity contribution in [1.82, 2.24) is 0 Å². The number of ether oxygens (including phenoxy) is 2. The van der Waals surface area contributed by atoms with E-state index in [1.807, 2.05) is 0 Å². The molecule has 3 unspecified atom stereocenters. The van der Waals surface area contributed by atoms with Gasteiger partial charge in [-0.3, -0.25) is 18.6 Å². The number of nitrogens with two attached hydrogens (primary N) is 1. The number of carboxylic acid groups (broad SMARTS) is 1. The Labute approximate surface area is 360 Å². The van der Waals surface area contributed by atoms with Gasteiger partial charge in [0.05, 0.1) is 19.8 Å². The number of phosphoric ester groups is 1. The Kier molecular flexibility index (Phi) is 42.5. The van der Waals surface area contributed by atoms with Crippen LogP contribution in [0.2, 0.25) is 0 Å². The largest absolute Gasteiger partial charge is 0.480 e. The zero-order chi connectivity index (χ0) is 43.3. The van der Waals surface area contributed by atoms with E-state index < -0.39 is 45.1 Å². The van der Waals surface area contributed by atoms with Gasteiger partial charge in [-0.2, -0.15) is 0 Å². The van der Waals surface area contributed by atoms with Gasteiger partial charge in [0.15, 0.2) is 0 Å². The van der Waals surface area contributed by atoms with E-state index >= 15 is 0 Å². The van der Waals surface area contributed by atoms with E-state index in [0.717, 1.165) is 57.8 Å². The van der Waals surface area contributed by atoms with Gasteiger partial charge in [-0.1, -0.05) is 204 Å². The normalized spacial score (nSPS) is 14.2. The van der Waals surface area contributed by atoms with E-state index in [1.54, 1.807) is 0 Å². The fraction of sp³-hybridized carbons (Fsp3) is 0.792. The van der Waals surface area contributed by atoms with Crippen LogP contribution in [0.5, 0.6) is 0 Å². The predicted molar refractivity (Wildman–Crippen MR) is 244 cm³/mol. The molecule has 0 aromatic carbocycles. The summed E-state index contributed by atoms with van der Waals surface area (Å²) in [5.41, 5.74) is 5.36. The first-order valence-corrected chi connectivity index (χ1v) is 25.2. The van der Waals surface area contributed by atoms with E-state index in [-0.39, 0.29) is 13.0 Å². The van der Waals surface area contributed by atoms with E-state index in [9.17, 15) is 19.0 Å².